The zero-order valence-corrected chi connectivity index (χ0v) is 11.8. The van der Waals surface area contributed by atoms with Gasteiger partial charge in [-0.15, -0.1) is 0 Å². The highest BCUT2D eigenvalue weighted by Crippen LogP contribution is 2.18. The van der Waals surface area contributed by atoms with Gasteiger partial charge in [0.25, 0.3) is 0 Å². The molecular weight excluding hydrogens is 238 g/mol. The van der Waals surface area contributed by atoms with Crippen LogP contribution in [0, 0.1) is 5.92 Å². The average molecular weight is 259 g/mol. The fraction of sp³-hybridized carbons (Fsp3) is 0.467. The van der Waals surface area contributed by atoms with Gasteiger partial charge in [0.2, 0.25) is 5.89 Å². The summed E-state index contributed by atoms with van der Waals surface area (Å²) in [5.74, 6) is 1.83. The maximum atomic E-state index is 6.15. The third-order valence-electron chi connectivity index (χ3n) is 3.05. The Morgan fingerprint density at radius 1 is 1.21 bits per heavy atom. The first-order chi connectivity index (χ1) is 9.10. The first-order valence-electron chi connectivity index (χ1n) is 6.77. The standard InChI is InChI=1S/C15H21N3O/c1-4-13-17-15(18-19-13)14(16)12-7-5-11(6-8-12)9-10(2)3/h5-8,10,14H,4,9,16H2,1-3H3. The van der Waals surface area contributed by atoms with Crippen LogP contribution in [-0.4, -0.2) is 10.1 Å². The molecule has 0 aliphatic heterocycles. The van der Waals surface area contributed by atoms with Crippen molar-refractivity contribution in [1.29, 1.82) is 0 Å². The Bertz CT molecular complexity index is 516. The van der Waals surface area contributed by atoms with Gasteiger partial charge in [-0.2, -0.15) is 4.98 Å². The highest BCUT2D eigenvalue weighted by molar-refractivity contribution is 5.28. The molecule has 0 saturated heterocycles. The lowest BCUT2D eigenvalue weighted by Gasteiger charge is -2.09. The summed E-state index contributed by atoms with van der Waals surface area (Å²) in [6.45, 7) is 6.40. The van der Waals surface area contributed by atoms with Crippen LogP contribution in [0.25, 0.3) is 0 Å². The first kappa shape index (κ1) is 13.7. The second-order valence-corrected chi connectivity index (χ2v) is 5.22. The van der Waals surface area contributed by atoms with Crippen LogP contribution in [0.5, 0.6) is 0 Å². The minimum absolute atomic E-state index is 0.322. The molecule has 1 heterocycles. The molecule has 0 aliphatic rings. The first-order valence-corrected chi connectivity index (χ1v) is 6.77. The second-order valence-electron chi connectivity index (χ2n) is 5.22. The van der Waals surface area contributed by atoms with E-state index in [1.54, 1.807) is 0 Å². The molecule has 1 aromatic carbocycles. The molecule has 2 aromatic rings. The molecular formula is C15H21N3O. The Morgan fingerprint density at radius 3 is 2.42 bits per heavy atom. The van der Waals surface area contributed by atoms with Gasteiger partial charge < -0.3 is 10.3 Å². The van der Waals surface area contributed by atoms with Gasteiger partial charge in [-0.25, -0.2) is 0 Å². The summed E-state index contributed by atoms with van der Waals surface area (Å²) in [6, 6.07) is 8.01. The molecule has 4 nitrogen and oxygen atoms in total. The number of benzene rings is 1. The lowest BCUT2D eigenvalue weighted by atomic mass is 9.99. The quantitative estimate of drug-likeness (QED) is 0.896. The van der Waals surface area contributed by atoms with Crippen molar-refractivity contribution >= 4 is 0 Å². The number of aryl methyl sites for hydroxylation is 1. The van der Waals surface area contributed by atoms with E-state index in [0.717, 1.165) is 18.4 Å². The second kappa shape index (κ2) is 5.97. The van der Waals surface area contributed by atoms with Crippen LogP contribution in [0.4, 0.5) is 0 Å². The minimum Gasteiger partial charge on any atom is -0.339 e. The molecule has 0 fully saturated rings. The van der Waals surface area contributed by atoms with E-state index >= 15 is 0 Å². The fourth-order valence-corrected chi connectivity index (χ4v) is 2.02. The molecule has 0 amide bonds. The van der Waals surface area contributed by atoms with E-state index in [1.165, 1.54) is 5.56 Å². The predicted molar refractivity (Wildman–Crippen MR) is 74.7 cm³/mol. The van der Waals surface area contributed by atoms with E-state index in [9.17, 15) is 0 Å². The molecule has 2 rings (SSSR count). The topological polar surface area (TPSA) is 64.9 Å². The molecule has 0 aliphatic carbocycles. The van der Waals surface area contributed by atoms with Crippen molar-refractivity contribution in [2.45, 2.75) is 39.7 Å². The molecule has 4 heteroatoms. The number of aromatic nitrogens is 2. The average Bonchev–Trinajstić information content (AvgIpc) is 2.87. The molecule has 1 unspecified atom stereocenters. The summed E-state index contributed by atoms with van der Waals surface area (Å²) in [5, 5.41) is 3.92. The third kappa shape index (κ3) is 3.41. The number of hydrogen-bond acceptors (Lipinski definition) is 4. The number of nitrogens with two attached hydrogens (primary N) is 1. The van der Waals surface area contributed by atoms with Crippen molar-refractivity contribution in [2.75, 3.05) is 0 Å². The van der Waals surface area contributed by atoms with Crippen LogP contribution < -0.4 is 5.73 Å². The van der Waals surface area contributed by atoms with Gasteiger partial charge in [0, 0.05) is 6.42 Å². The highest BCUT2D eigenvalue weighted by Gasteiger charge is 2.15. The normalized spacial score (nSPS) is 12.9. The molecule has 0 radical (unpaired) electrons. The Morgan fingerprint density at radius 2 is 1.89 bits per heavy atom. The van der Waals surface area contributed by atoms with Crippen molar-refractivity contribution in [3.63, 3.8) is 0 Å². The van der Waals surface area contributed by atoms with Crippen molar-refractivity contribution in [3.05, 3.63) is 47.1 Å². The summed E-state index contributed by atoms with van der Waals surface area (Å²) in [6.07, 6.45) is 1.81. The molecule has 0 saturated carbocycles. The summed E-state index contributed by atoms with van der Waals surface area (Å²) < 4.78 is 5.09. The molecule has 1 aromatic heterocycles. The van der Waals surface area contributed by atoms with Crippen LogP contribution in [0.3, 0.4) is 0 Å². The number of nitrogens with zero attached hydrogens (tertiary/aromatic N) is 2. The van der Waals surface area contributed by atoms with Crippen molar-refractivity contribution < 1.29 is 4.52 Å². The van der Waals surface area contributed by atoms with E-state index in [1.807, 2.05) is 19.1 Å². The summed E-state index contributed by atoms with van der Waals surface area (Å²) in [5.41, 5.74) is 8.49. The smallest absolute Gasteiger partial charge is 0.226 e. The van der Waals surface area contributed by atoms with Gasteiger partial charge in [-0.1, -0.05) is 50.2 Å². The zero-order valence-electron chi connectivity index (χ0n) is 11.8. The maximum absolute atomic E-state index is 6.15. The number of rotatable bonds is 5. The summed E-state index contributed by atoms with van der Waals surface area (Å²) in [4.78, 5) is 4.27. The van der Waals surface area contributed by atoms with Crippen molar-refractivity contribution in [3.8, 4) is 0 Å². The molecule has 0 bridgehead atoms. The third-order valence-corrected chi connectivity index (χ3v) is 3.05. The molecule has 0 spiro atoms. The largest absolute Gasteiger partial charge is 0.339 e. The lowest BCUT2D eigenvalue weighted by molar-refractivity contribution is 0.375. The van der Waals surface area contributed by atoms with Gasteiger partial charge in [0.15, 0.2) is 5.82 Å². The fourth-order valence-electron chi connectivity index (χ4n) is 2.02. The van der Waals surface area contributed by atoms with Crippen molar-refractivity contribution in [2.24, 2.45) is 11.7 Å². The Kier molecular flexibility index (Phi) is 4.32. The van der Waals surface area contributed by atoms with E-state index in [2.05, 4.69) is 36.1 Å². The van der Waals surface area contributed by atoms with Crippen LogP contribution in [-0.2, 0) is 12.8 Å². The van der Waals surface area contributed by atoms with Gasteiger partial charge >= 0.3 is 0 Å². The Balaban J connectivity index is 2.12. The van der Waals surface area contributed by atoms with Gasteiger partial charge in [0.1, 0.15) is 0 Å². The van der Waals surface area contributed by atoms with E-state index in [4.69, 9.17) is 10.3 Å². The molecule has 102 valence electrons. The molecule has 19 heavy (non-hydrogen) atoms. The SMILES string of the molecule is CCc1nc(C(N)c2ccc(CC(C)C)cc2)no1. The zero-order chi connectivity index (χ0) is 13.8. The van der Waals surface area contributed by atoms with Crippen LogP contribution in [0.2, 0.25) is 0 Å². The van der Waals surface area contributed by atoms with Gasteiger partial charge in [-0.3, -0.25) is 0 Å². The number of hydrogen-bond donors (Lipinski definition) is 1. The summed E-state index contributed by atoms with van der Waals surface area (Å²) >= 11 is 0. The lowest BCUT2D eigenvalue weighted by Crippen LogP contribution is -2.13. The minimum atomic E-state index is -0.322. The Labute approximate surface area is 114 Å². The van der Waals surface area contributed by atoms with Crippen LogP contribution in [0.15, 0.2) is 28.8 Å². The predicted octanol–water partition coefficient (Wildman–Crippen LogP) is 2.88. The van der Waals surface area contributed by atoms with E-state index in [0.29, 0.717) is 17.6 Å². The molecule has 1 atom stereocenters. The molecule has 2 N–H and O–H groups in total. The van der Waals surface area contributed by atoms with Crippen molar-refractivity contribution in [1.82, 2.24) is 10.1 Å². The Hall–Kier alpha value is -1.68. The van der Waals surface area contributed by atoms with E-state index in [-0.39, 0.29) is 6.04 Å². The van der Waals surface area contributed by atoms with E-state index < -0.39 is 0 Å². The maximum Gasteiger partial charge on any atom is 0.226 e. The highest BCUT2D eigenvalue weighted by atomic mass is 16.5. The van der Waals surface area contributed by atoms with Gasteiger partial charge in [0.05, 0.1) is 6.04 Å². The van der Waals surface area contributed by atoms with Gasteiger partial charge in [-0.05, 0) is 23.5 Å². The summed E-state index contributed by atoms with van der Waals surface area (Å²) in [7, 11) is 0. The van der Waals surface area contributed by atoms with Crippen LogP contribution in [0.1, 0.15) is 49.7 Å². The van der Waals surface area contributed by atoms with Crippen LogP contribution >= 0.6 is 0 Å². The monoisotopic (exact) mass is 259 g/mol.